The molecule has 2 aromatic rings. The van der Waals surface area contributed by atoms with E-state index >= 15 is 0 Å². The molecule has 0 saturated carbocycles. The van der Waals surface area contributed by atoms with E-state index in [4.69, 9.17) is 5.73 Å². The summed E-state index contributed by atoms with van der Waals surface area (Å²) < 4.78 is 1.90. The van der Waals surface area contributed by atoms with Crippen LogP contribution in [0.15, 0.2) is 29.4 Å². The summed E-state index contributed by atoms with van der Waals surface area (Å²) >= 11 is 1.70. The number of benzene rings is 1. The van der Waals surface area contributed by atoms with Gasteiger partial charge in [0.25, 0.3) is 0 Å². The summed E-state index contributed by atoms with van der Waals surface area (Å²) in [5, 5.41) is 4.15. The number of nitrogens with zero attached hydrogens (tertiary/aromatic N) is 3. The normalized spacial score (nSPS) is 10.7. The van der Waals surface area contributed by atoms with Crippen LogP contribution in [-0.4, -0.2) is 14.8 Å². The van der Waals surface area contributed by atoms with Gasteiger partial charge in [-0.2, -0.15) is 5.10 Å². The molecular weight excluding hydrogens is 232 g/mol. The van der Waals surface area contributed by atoms with Gasteiger partial charge in [-0.15, -0.1) is 11.8 Å². The lowest BCUT2D eigenvalue weighted by Gasteiger charge is -2.06. The average Bonchev–Trinajstić information content (AvgIpc) is 2.77. The van der Waals surface area contributed by atoms with Crippen molar-refractivity contribution in [2.75, 3.05) is 5.73 Å². The molecule has 1 aromatic carbocycles. The lowest BCUT2D eigenvalue weighted by molar-refractivity contribution is 0.632. The molecular formula is C12H16N4S. The quantitative estimate of drug-likeness (QED) is 0.667. The van der Waals surface area contributed by atoms with Crippen molar-refractivity contribution in [2.45, 2.75) is 31.0 Å². The SMILES string of the molecule is CCn1ncnc1CSc1cc(C)ccc1N. The van der Waals surface area contributed by atoms with E-state index in [9.17, 15) is 0 Å². The van der Waals surface area contributed by atoms with Crippen molar-refractivity contribution in [1.29, 1.82) is 0 Å². The van der Waals surface area contributed by atoms with E-state index in [2.05, 4.69) is 30.0 Å². The summed E-state index contributed by atoms with van der Waals surface area (Å²) in [6.45, 7) is 4.97. The maximum atomic E-state index is 5.94. The highest BCUT2D eigenvalue weighted by atomic mass is 32.2. The molecule has 0 unspecified atom stereocenters. The van der Waals surface area contributed by atoms with Gasteiger partial charge in [-0.1, -0.05) is 6.07 Å². The van der Waals surface area contributed by atoms with Gasteiger partial charge in [0.15, 0.2) is 0 Å². The molecule has 0 amide bonds. The molecule has 0 atom stereocenters. The van der Waals surface area contributed by atoms with E-state index < -0.39 is 0 Å². The molecule has 0 aliphatic rings. The Morgan fingerprint density at radius 2 is 2.24 bits per heavy atom. The van der Waals surface area contributed by atoms with Crippen molar-refractivity contribution in [1.82, 2.24) is 14.8 Å². The van der Waals surface area contributed by atoms with Gasteiger partial charge >= 0.3 is 0 Å². The average molecular weight is 248 g/mol. The van der Waals surface area contributed by atoms with Crippen molar-refractivity contribution in [3.8, 4) is 0 Å². The number of hydrogen-bond donors (Lipinski definition) is 1. The third kappa shape index (κ3) is 2.79. The van der Waals surface area contributed by atoms with Gasteiger partial charge in [0, 0.05) is 17.1 Å². The number of nitrogen functional groups attached to an aromatic ring is 1. The fraction of sp³-hybridized carbons (Fsp3) is 0.333. The van der Waals surface area contributed by atoms with Crippen LogP contribution in [0.1, 0.15) is 18.3 Å². The van der Waals surface area contributed by atoms with Gasteiger partial charge < -0.3 is 5.73 Å². The Morgan fingerprint density at radius 3 is 3.00 bits per heavy atom. The van der Waals surface area contributed by atoms with E-state index in [0.29, 0.717) is 0 Å². The number of nitrogens with two attached hydrogens (primary N) is 1. The molecule has 17 heavy (non-hydrogen) atoms. The first-order valence-electron chi connectivity index (χ1n) is 5.56. The van der Waals surface area contributed by atoms with Crippen LogP contribution in [0.5, 0.6) is 0 Å². The van der Waals surface area contributed by atoms with Gasteiger partial charge in [0.1, 0.15) is 12.2 Å². The first kappa shape index (κ1) is 12.0. The molecule has 0 spiro atoms. The van der Waals surface area contributed by atoms with E-state index in [0.717, 1.165) is 28.7 Å². The fourth-order valence-corrected chi connectivity index (χ4v) is 2.59. The van der Waals surface area contributed by atoms with Crippen LogP contribution in [-0.2, 0) is 12.3 Å². The van der Waals surface area contributed by atoms with Gasteiger partial charge in [-0.3, -0.25) is 0 Å². The third-order valence-electron chi connectivity index (χ3n) is 2.52. The lowest BCUT2D eigenvalue weighted by atomic mass is 10.2. The Morgan fingerprint density at radius 1 is 1.41 bits per heavy atom. The number of thioether (sulfide) groups is 1. The number of rotatable bonds is 4. The summed E-state index contributed by atoms with van der Waals surface area (Å²) in [4.78, 5) is 5.35. The Hall–Kier alpha value is -1.49. The highest BCUT2D eigenvalue weighted by molar-refractivity contribution is 7.98. The molecule has 1 heterocycles. The monoisotopic (exact) mass is 248 g/mol. The molecule has 0 radical (unpaired) electrons. The zero-order chi connectivity index (χ0) is 12.3. The Balaban J connectivity index is 2.09. The zero-order valence-electron chi connectivity index (χ0n) is 10.1. The number of hydrogen-bond acceptors (Lipinski definition) is 4. The van der Waals surface area contributed by atoms with Crippen LogP contribution in [0, 0.1) is 6.92 Å². The molecule has 90 valence electrons. The van der Waals surface area contributed by atoms with Gasteiger partial charge in [0.05, 0.1) is 5.75 Å². The van der Waals surface area contributed by atoms with Crippen LogP contribution in [0.25, 0.3) is 0 Å². The minimum atomic E-state index is 0.793. The molecule has 2 N–H and O–H groups in total. The molecule has 0 fully saturated rings. The molecule has 5 heteroatoms. The fourth-order valence-electron chi connectivity index (χ4n) is 1.57. The van der Waals surface area contributed by atoms with Crippen molar-refractivity contribution in [3.63, 3.8) is 0 Å². The summed E-state index contributed by atoms with van der Waals surface area (Å²) in [5.74, 6) is 1.78. The highest BCUT2D eigenvalue weighted by Gasteiger charge is 2.05. The zero-order valence-corrected chi connectivity index (χ0v) is 10.9. The van der Waals surface area contributed by atoms with Gasteiger partial charge in [-0.25, -0.2) is 9.67 Å². The number of aryl methyl sites for hydroxylation is 2. The Bertz CT molecular complexity index is 507. The maximum Gasteiger partial charge on any atom is 0.138 e. The minimum absolute atomic E-state index is 0.793. The van der Waals surface area contributed by atoms with Crippen LogP contribution in [0.4, 0.5) is 5.69 Å². The molecule has 4 nitrogen and oxygen atoms in total. The van der Waals surface area contributed by atoms with Crippen molar-refractivity contribution in [2.24, 2.45) is 0 Å². The van der Waals surface area contributed by atoms with E-state index in [1.807, 2.05) is 16.8 Å². The molecule has 0 saturated heterocycles. The molecule has 0 aliphatic heterocycles. The standard InChI is InChI=1S/C12H16N4S/c1-3-16-12(14-8-15-16)7-17-11-6-9(2)4-5-10(11)13/h4-6,8H,3,7,13H2,1-2H3. The lowest BCUT2D eigenvalue weighted by Crippen LogP contribution is -2.02. The predicted octanol–water partition coefficient (Wildman–Crippen LogP) is 2.48. The van der Waals surface area contributed by atoms with Gasteiger partial charge in [0.2, 0.25) is 0 Å². The third-order valence-corrected chi connectivity index (χ3v) is 3.59. The van der Waals surface area contributed by atoms with Crippen molar-refractivity contribution >= 4 is 17.4 Å². The van der Waals surface area contributed by atoms with E-state index in [-0.39, 0.29) is 0 Å². The molecule has 0 aliphatic carbocycles. The summed E-state index contributed by atoms with van der Waals surface area (Å²) in [6, 6.07) is 6.07. The van der Waals surface area contributed by atoms with Crippen molar-refractivity contribution in [3.05, 3.63) is 35.9 Å². The van der Waals surface area contributed by atoms with E-state index in [1.54, 1.807) is 18.1 Å². The maximum absolute atomic E-state index is 5.94. The van der Waals surface area contributed by atoms with Crippen LogP contribution >= 0.6 is 11.8 Å². The van der Waals surface area contributed by atoms with Crippen LogP contribution in [0.3, 0.4) is 0 Å². The largest absolute Gasteiger partial charge is 0.398 e. The smallest absolute Gasteiger partial charge is 0.138 e. The topological polar surface area (TPSA) is 56.7 Å². The molecule has 1 aromatic heterocycles. The second-order valence-corrected chi connectivity index (χ2v) is 4.84. The van der Waals surface area contributed by atoms with Gasteiger partial charge in [-0.05, 0) is 31.5 Å². The van der Waals surface area contributed by atoms with Crippen molar-refractivity contribution < 1.29 is 0 Å². The van der Waals surface area contributed by atoms with Crippen LogP contribution in [0.2, 0.25) is 0 Å². The van der Waals surface area contributed by atoms with Crippen LogP contribution < -0.4 is 5.73 Å². The number of anilines is 1. The predicted molar refractivity (Wildman–Crippen MR) is 70.8 cm³/mol. The minimum Gasteiger partial charge on any atom is -0.398 e. The Labute approximate surface area is 105 Å². The van der Waals surface area contributed by atoms with E-state index in [1.165, 1.54) is 5.56 Å². The molecule has 2 rings (SSSR count). The number of aromatic nitrogens is 3. The summed E-state index contributed by atoms with van der Waals surface area (Å²) in [7, 11) is 0. The second-order valence-electron chi connectivity index (χ2n) is 3.82. The Kier molecular flexibility index (Phi) is 3.68. The first-order chi connectivity index (χ1) is 8.20. The first-order valence-corrected chi connectivity index (χ1v) is 6.55. The highest BCUT2D eigenvalue weighted by Crippen LogP contribution is 2.28. The summed E-state index contributed by atoms with van der Waals surface area (Å²) in [6.07, 6.45) is 1.60. The summed E-state index contributed by atoms with van der Waals surface area (Å²) in [5.41, 5.74) is 7.98. The molecule has 0 bridgehead atoms. The second kappa shape index (κ2) is 5.23.